The summed E-state index contributed by atoms with van der Waals surface area (Å²) in [5.41, 5.74) is 0.575. The molecule has 2 rings (SSSR count). The minimum atomic E-state index is -0.404. The summed E-state index contributed by atoms with van der Waals surface area (Å²) < 4.78 is 0. The summed E-state index contributed by atoms with van der Waals surface area (Å²) in [5.74, 6) is 0.124. The van der Waals surface area contributed by atoms with Crippen molar-refractivity contribution in [1.29, 1.82) is 0 Å². The summed E-state index contributed by atoms with van der Waals surface area (Å²) in [6.07, 6.45) is 4.19. The Kier molecular flexibility index (Phi) is 4.48. The molecule has 0 aromatic rings. The first-order chi connectivity index (χ1) is 9.48. The Hall–Kier alpha value is -1.36. The van der Waals surface area contributed by atoms with Gasteiger partial charge in [0.15, 0.2) is 0 Å². The van der Waals surface area contributed by atoms with Crippen molar-refractivity contribution in [2.45, 2.75) is 33.1 Å². The van der Waals surface area contributed by atoms with E-state index >= 15 is 0 Å². The molecule has 1 spiro atoms. The van der Waals surface area contributed by atoms with Gasteiger partial charge in [0.2, 0.25) is 11.8 Å². The molecule has 0 aromatic heterocycles. The zero-order valence-electron chi connectivity index (χ0n) is 12.4. The van der Waals surface area contributed by atoms with E-state index in [1.165, 1.54) is 0 Å². The third kappa shape index (κ3) is 2.87. The molecule has 2 aliphatic heterocycles. The molecule has 5 heteroatoms. The fraction of sp³-hybridized carbons (Fsp3) is 0.733. The first kappa shape index (κ1) is 15.0. The van der Waals surface area contributed by atoms with Gasteiger partial charge in [0.05, 0.1) is 12.0 Å². The monoisotopic (exact) mass is 280 g/mol. The molecule has 0 saturated carbocycles. The average molecular weight is 280 g/mol. The van der Waals surface area contributed by atoms with E-state index in [9.17, 15) is 9.59 Å². The Balaban J connectivity index is 2.08. The molecular weight excluding hydrogens is 256 g/mol. The van der Waals surface area contributed by atoms with Crippen molar-refractivity contribution in [3.8, 4) is 0 Å². The van der Waals surface area contributed by atoms with Crippen molar-refractivity contribution in [3.63, 3.8) is 0 Å². The highest BCUT2D eigenvalue weighted by Gasteiger charge is 2.48. The number of aliphatic hydroxyl groups is 1. The summed E-state index contributed by atoms with van der Waals surface area (Å²) in [4.78, 5) is 28.2. The Bertz CT molecular complexity index is 427. The molecular formula is C15H24N2O3. The summed E-state index contributed by atoms with van der Waals surface area (Å²) in [6.45, 7) is 6.11. The number of piperidine rings is 1. The molecule has 0 radical (unpaired) electrons. The second-order valence-corrected chi connectivity index (χ2v) is 6.13. The predicted octanol–water partition coefficient (Wildman–Crippen LogP) is 0.786. The van der Waals surface area contributed by atoms with Gasteiger partial charge in [-0.2, -0.15) is 0 Å². The zero-order chi connectivity index (χ0) is 14.8. The molecule has 0 bridgehead atoms. The van der Waals surface area contributed by atoms with E-state index in [0.29, 0.717) is 19.6 Å². The normalized spacial score (nSPS) is 26.2. The van der Waals surface area contributed by atoms with Crippen LogP contribution in [0.25, 0.3) is 0 Å². The summed E-state index contributed by atoms with van der Waals surface area (Å²) in [5, 5.41) is 9.04. The Morgan fingerprint density at radius 2 is 2.10 bits per heavy atom. The van der Waals surface area contributed by atoms with Crippen LogP contribution in [0.2, 0.25) is 0 Å². The SMILES string of the molecule is CC(C)=CC(=O)N1CC[C@@]2(CCCN(CCO)C2=O)C1. The number of carbonyl (C=O) groups is 2. The Morgan fingerprint density at radius 3 is 2.75 bits per heavy atom. The number of likely N-dealkylation sites (tertiary alicyclic amines) is 2. The van der Waals surface area contributed by atoms with Crippen molar-refractivity contribution in [1.82, 2.24) is 9.80 Å². The van der Waals surface area contributed by atoms with Gasteiger partial charge in [-0.3, -0.25) is 9.59 Å². The van der Waals surface area contributed by atoms with Gasteiger partial charge in [-0.15, -0.1) is 0 Å². The molecule has 20 heavy (non-hydrogen) atoms. The van der Waals surface area contributed by atoms with Crippen molar-refractivity contribution < 1.29 is 14.7 Å². The summed E-state index contributed by atoms with van der Waals surface area (Å²) in [7, 11) is 0. The third-order valence-electron chi connectivity index (χ3n) is 4.27. The van der Waals surface area contributed by atoms with Crippen LogP contribution in [-0.4, -0.2) is 59.5 Å². The molecule has 0 unspecified atom stereocenters. The summed E-state index contributed by atoms with van der Waals surface area (Å²) >= 11 is 0. The van der Waals surface area contributed by atoms with Crippen molar-refractivity contribution in [2.75, 3.05) is 32.8 Å². The highest BCUT2D eigenvalue weighted by atomic mass is 16.3. The molecule has 1 N–H and O–H groups in total. The number of aliphatic hydroxyl groups excluding tert-OH is 1. The lowest BCUT2D eigenvalue weighted by atomic mass is 9.78. The molecule has 2 fully saturated rings. The number of allylic oxidation sites excluding steroid dienone is 1. The standard InChI is InChI=1S/C15H24N2O3/c1-12(2)10-13(19)17-7-5-15(11-17)4-3-6-16(8-9-18)14(15)20/h10,18H,3-9,11H2,1-2H3/t15-/m0/s1. The van der Waals surface area contributed by atoms with Gasteiger partial charge in [-0.05, 0) is 33.1 Å². The van der Waals surface area contributed by atoms with E-state index < -0.39 is 5.41 Å². The Labute approximate surface area is 120 Å². The van der Waals surface area contributed by atoms with Crippen LogP contribution in [0.1, 0.15) is 33.1 Å². The van der Waals surface area contributed by atoms with Crippen molar-refractivity contribution >= 4 is 11.8 Å². The van der Waals surface area contributed by atoms with Crippen molar-refractivity contribution in [2.24, 2.45) is 5.41 Å². The quantitative estimate of drug-likeness (QED) is 0.777. The molecule has 1 atom stereocenters. The van der Waals surface area contributed by atoms with Crippen LogP contribution in [0, 0.1) is 5.41 Å². The number of rotatable bonds is 3. The summed E-state index contributed by atoms with van der Waals surface area (Å²) in [6, 6.07) is 0. The van der Waals surface area contributed by atoms with Gasteiger partial charge >= 0.3 is 0 Å². The van der Waals surface area contributed by atoms with Crippen LogP contribution in [0.4, 0.5) is 0 Å². The van der Waals surface area contributed by atoms with E-state index in [-0.39, 0.29) is 18.4 Å². The molecule has 2 amide bonds. The predicted molar refractivity (Wildman–Crippen MR) is 76.0 cm³/mol. The molecule has 2 aliphatic rings. The molecule has 0 aromatic carbocycles. The van der Waals surface area contributed by atoms with Gasteiger partial charge in [0.25, 0.3) is 0 Å². The lowest BCUT2D eigenvalue weighted by molar-refractivity contribution is -0.146. The third-order valence-corrected chi connectivity index (χ3v) is 4.27. The number of β-amino-alcohol motifs (C(OH)–C–C–N with tert-alkyl or cyclic N) is 1. The minimum absolute atomic E-state index is 0.00221. The topological polar surface area (TPSA) is 60.9 Å². The highest BCUT2D eigenvalue weighted by Crippen LogP contribution is 2.40. The smallest absolute Gasteiger partial charge is 0.246 e. The number of amides is 2. The maximum atomic E-state index is 12.6. The van der Waals surface area contributed by atoms with Gasteiger partial charge in [0.1, 0.15) is 0 Å². The first-order valence-electron chi connectivity index (χ1n) is 7.32. The Morgan fingerprint density at radius 1 is 1.35 bits per heavy atom. The maximum absolute atomic E-state index is 12.6. The van der Waals surface area contributed by atoms with Crippen LogP contribution >= 0.6 is 0 Å². The molecule has 0 aliphatic carbocycles. The van der Waals surface area contributed by atoms with Gasteiger partial charge in [-0.25, -0.2) is 0 Å². The minimum Gasteiger partial charge on any atom is -0.395 e. The molecule has 2 heterocycles. The molecule has 5 nitrogen and oxygen atoms in total. The van der Waals surface area contributed by atoms with E-state index in [0.717, 1.165) is 31.4 Å². The number of carbonyl (C=O) groups excluding carboxylic acids is 2. The second-order valence-electron chi connectivity index (χ2n) is 6.13. The van der Waals surface area contributed by atoms with Crippen LogP contribution in [-0.2, 0) is 9.59 Å². The second kappa shape index (κ2) is 5.95. The maximum Gasteiger partial charge on any atom is 0.246 e. The van der Waals surface area contributed by atoms with Crippen LogP contribution in [0.15, 0.2) is 11.6 Å². The van der Waals surface area contributed by atoms with Gasteiger partial charge in [-0.1, -0.05) is 5.57 Å². The number of hydrogen-bond acceptors (Lipinski definition) is 3. The number of nitrogens with zero attached hydrogens (tertiary/aromatic N) is 2. The molecule has 2 saturated heterocycles. The van der Waals surface area contributed by atoms with Crippen molar-refractivity contribution in [3.05, 3.63) is 11.6 Å². The van der Waals surface area contributed by atoms with Crippen LogP contribution in [0.3, 0.4) is 0 Å². The van der Waals surface area contributed by atoms with Crippen LogP contribution in [0.5, 0.6) is 0 Å². The fourth-order valence-electron chi connectivity index (χ4n) is 3.26. The van der Waals surface area contributed by atoms with Crippen LogP contribution < -0.4 is 0 Å². The van der Waals surface area contributed by atoms with Gasteiger partial charge < -0.3 is 14.9 Å². The lowest BCUT2D eigenvalue weighted by Crippen LogP contribution is -2.51. The lowest BCUT2D eigenvalue weighted by Gasteiger charge is -2.39. The fourth-order valence-corrected chi connectivity index (χ4v) is 3.26. The largest absolute Gasteiger partial charge is 0.395 e. The highest BCUT2D eigenvalue weighted by molar-refractivity contribution is 5.90. The van der Waals surface area contributed by atoms with Gasteiger partial charge in [0, 0.05) is 32.3 Å². The average Bonchev–Trinajstić information content (AvgIpc) is 2.80. The van der Waals surface area contributed by atoms with E-state index in [2.05, 4.69) is 0 Å². The zero-order valence-corrected chi connectivity index (χ0v) is 12.4. The van der Waals surface area contributed by atoms with E-state index in [1.807, 2.05) is 13.8 Å². The molecule has 112 valence electrons. The van der Waals surface area contributed by atoms with E-state index in [4.69, 9.17) is 5.11 Å². The first-order valence-corrected chi connectivity index (χ1v) is 7.32. The number of hydrogen-bond donors (Lipinski definition) is 1. The van der Waals surface area contributed by atoms with E-state index in [1.54, 1.807) is 15.9 Å².